The number of rotatable bonds is 9. The van der Waals surface area contributed by atoms with Crippen molar-refractivity contribution in [1.82, 2.24) is 0 Å². The number of aryl methyl sites for hydroxylation is 1. The molecule has 3 heteroatoms. The van der Waals surface area contributed by atoms with Crippen LogP contribution in [0.1, 0.15) is 93.8 Å². The summed E-state index contributed by atoms with van der Waals surface area (Å²) in [6, 6.07) is 6.03. The van der Waals surface area contributed by atoms with E-state index in [1.165, 1.54) is 68.4 Å². The second kappa shape index (κ2) is 11.9. The molecule has 158 valence electrons. The summed E-state index contributed by atoms with van der Waals surface area (Å²) in [6.45, 7) is 4.47. The van der Waals surface area contributed by atoms with Crippen molar-refractivity contribution in [3.05, 3.63) is 35.1 Å². The van der Waals surface area contributed by atoms with E-state index in [-0.39, 0.29) is 5.82 Å². The van der Waals surface area contributed by atoms with Gasteiger partial charge < -0.3 is 0 Å². The number of thioether (sulfide) groups is 2. The Morgan fingerprint density at radius 2 is 1.61 bits per heavy atom. The molecule has 1 aromatic carbocycles. The molecule has 0 amide bonds. The average Bonchev–Trinajstić information content (AvgIpc) is 2.74. The lowest BCUT2D eigenvalue weighted by atomic mass is 9.75. The summed E-state index contributed by atoms with van der Waals surface area (Å²) in [7, 11) is 0. The van der Waals surface area contributed by atoms with Gasteiger partial charge in [-0.05, 0) is 72.1 Å². The Balaban J connectivity index is 1.43. The van der Waals surface area contributed by atoms with Gasteiger partial charge in [0.1, 0.15) is 5.82 Å². The molecule has 1 aromatic rings. The Bertz CT molecular complexity index is 572. The Kier molecular flexibility index (Phi) is 9.57. The molecule has 0 N–H and O–H groups in total. The minimum absolute atomic E-state index is 0.00988. The molecular weight excluding hydrogens is 383 g/mol. The van der Waals surface area contributed by atoms with Crippen LogP contribution in [-0.4, -0.2) is 11.5 Å². The standard InChI is InChI=1S/C25H39FS2/c1-3-5-7-8-19-10-12-20(13-11-19)23-17-27-25(28-18-23)22-15-14-21(9-6-4-2)24(26)16-22/h14-16,19-20,23,25H,3-13,17-18H2,1-2H3. The van der Waals surface area contributed by atoms with Crippen LogP contribution in [0.2, 0.25) is 0 Å². The van der Waals surface area contributed by atoms with Gasteiger partial charge in [0.2, 0.25) is 0 Å². The lowest BCUT2D eigenvalue weighted by Crippen LogP contribution is -2.27. The summed E-state index contributed by atoms with van der Waals surface area (Å²) in [6.07, 6.45) is 14.6. The summed E-state index contributed by atoms with van der Waals surface area (Å²) < 4.78 is 14.9. The van der Waals surface area contributed by atoms with E-state index in [0.29, 0.717) is 4.58 Å². The van der Waals surface area contributed by atoms with Gasteiger partial charge in [0.05, 0.1) is 4.58 Å². The molecule has 1 aliphatic heterocycles. The maximum Gasteiger partial charge on any atom is 0.126 e. The molecule has 1 heterocycles. The number of hydrogen-bond donors (Lipinski definition) is 0. The summed E-state index contributed by atoms with van der Waals surface area (Å²) in [5.74, 6) is 5.36. The van der Waals surface area contributed by atoms with Crippen LogP contribution >= 0.6 is 23.5 Å². The molecule has 0 spiro atoms. The second-order valence-corrected chi connectivity index (χ2v) is 11.6. The number of hydrogen-bond acceptors (Lipinski definition) is 2. The van der Waals surface area contributed by atoms with Crippen LogP contribution in [0.25, 0.3) is 0 Å². The van der Waals surface area contributed by atoms with Gasteiger partial charge in [-0.15, -0.1) is 23.5 Å². The van der Waals surface area contributed by atoms with Gasteiger partial charge in [-0.1, -0.05) is 70.9 Å². The van der Waals surface area contributed by atoms with Gasteiger partial charge in [-0.3, -0.25) is 0 Å². The number of benzene rings is 1. The fourth-order valence-electron chi connectivity index (χ4n) is 4.89. The van der Waals surface area contributed by atoms with E-state index in [9.17, 15) is 4.39 Å². The minimum Gasteiger partial charge on any atom is -0.207 e. The Morgan fingerprint density at radius 1 is 0.893 bits per heavy atom. The first kappa shape index (κ1) is 22.5. The molecule has 28 heavy (non-hydrogen) atoms. The molecule has 0 atom stereocenters. The largest absolute Gasteiger partial charge is 0.207 e. The Morgan fingerprint density at radius 3 is 2.25 bits per heavy atom. The van der Waals surface area contributed by atoms with Crippen LogP contribution < -0.4 is 0 Å². The van der Waals surface area contributed by atoms with Crippen molar-refractivity contribution >= 4 is 23.5 Å². The smallest absolute Gasteiger partial charge is 0.126 e. The lowest BCUT2D eigenvalue weighted by molar-refractivity contribution is 0.218. The predicted octanol–water partition coefficient (Wildman–Crippen LogP) is 8.65. The lowest BCUT2D eigenvalue weighted by Gasteiger charge is -2.37. The average molecular weight is 423 g/mol. The van der Waals surface area contributed by atoms with E-state index in [2.05, 4.69) is 43.4 Å². The highest BCUT2D eigenvalue weighted by molar-refractivity contribution is 8.16. The topological polar surface area (TPSA) is 0 Å². The summed E-state index contributed by atoms with van der Waals surface area (Å²) in [5.41, 5.74) is 2.08. The van der Waals surface area contributed by atoms with Crippen LogP contribution in [0, 0.1) is 23.6 Å². The predicted molar refractivity (Wildman–Crippen MR) is 126 cm³/mol. The molecule has 0 nitrogen and oxygen atoms in total. The van der Waals surface area contributed by atoms with Gasteiger partial charge in [0.25, 0.3) is 0 Å². The van der Waals surface area contributed by atoms with Crippen LogP contribution in [-0.2, 0) is 6.42 Å². The molecule has 1 saturated heterocycles. The van der Waals surface area contributed by atoms with Crippen LogP contribution in [0.15, 0.2) is 18.2 Å². The van der Waals surface area contributed by atoms with Crippen molar-refractivity contribution in [2.75, 3.05) is 11.5 Å². The molecule has 0 aromatic heterocycles. The van der Waals surface area contributed by atoms with Gasteiger partial charge in [-0.25, -0.2) is 4.39 Å². The van der Waals surface area contributed by atoms with E-state index in [0.717, 1.165) is 42.6 Å². The van der Waals surface area contributed by atoms with E-state index in [4.69, 9.17) is 0 Å². The maximum absolute atomic E-state index is 14.4. The van der Waals surface area contributed by atoms with E-state index >= 15 is 0 Å². The molecule has 0 unspecified atom stereocenters. The number of unbranched alkanes of at least 4 members (excludes halogenated alkanes) is 3. The van der Waals surface area contributed by atoms with E-state index in [1.807, 2.05) is 12.1 Å². The molecule has 2 fully saturated rings. The minimum atomic E-state index is 0.00988. The maximum atomic E-state index is 14.4. The van der Waals surface area contributed by atoms with Gasteiger partial charge in [0.15, 0.2) is 0 Å². The molecule has 1 saturated carbocycles. The normalized spacial score (nSPS) is 28.4. The molecule has 2 aliphatic rings. The number of halogens is 1. The zero-order chi connectivity index (χ0) is 19.8. The highest BCUT2D eigenvalue weighted by Crippen LogP contribution is 2.49. The quantitative estimate of drug-likeness (QED) is 0.365. The molecule has 0 bridgehead atoms. The van der Waals surface area contributed by atoms with Gasteiger partial charge >= 0.3 is 0 Å². The third-order valence-corrected chi connectivity index (χ3v) is 10.1. The first-order valence-corrected chi connectivity index (χ1v) is 13.8. The third kappa shape index (κ3) is 6.42. The van der Waals surface area contributed by atoms with Crippen molar-refractivity contribution in [1.29, 1.82) is 0 Å². The molecule has 0 radical (unpaired) electrons. The van der Waals surface area contributed by atoms with Crippen LogP contribution in [0.3, 0.4) is 0 Å². The van der Waals surface area contributed by atoms with Crippen molar-refractivity contribution in [3.8, 4) is 0 Å². The fourth-order valence-corrected chi connectivity index (χ4v) is 8.20. The fraction of sp³-hybridized carbons (Fsp3) is 0.760. The second-order valence-electron chi connectivity index (χ2n) is 8.99. The van der Waals surface area contributed by atoms with Gasteiger partial charge in [0, 0.05) is 0 Å². The van der Waals surface area contributed by atoms with E-state index in [1.54, 1.807) is 0 Å². The Hall–Kier alpha value is -0.150. The van der Waals surface area contributed by atoms with Crippen molar-refractivity contribution in [3.63, 3.8) is 0 Å². The van der Waals surface area contributed by atoms with E-state index < -0.39 is 0 Å². The zero-order valence-corrected chi connectivity index (χ0v) is 19.6. The van der Waals surface area contributed by atoms with Crippen LogP contribution in [0.4, 0.5) is 4.39 Å². The van der Waals surface area contributed by atoms with Crippen molar-refractivity contribution in [2.45, 2.75) is 89.1 Å². The van der Waals surface area contributed by atoms with Crippen molar-refractivity contribution < 1.29 is 4.39 Å². The molecular formula is C25H39FS2. The SMILES string of the molecule is CCCCCC1CCC(C2CSC(c3ccc(CCCC)c(F)c3)SC2)CC1. The van der Waals surface area contributed by atoms with Crippen LogP contribution in [0.5, 0.6) is 0 Å². The van der Waals surface area contributed by atoms with Crippen molar-refractivity contribution in [2.24, 2.45) is 17.8 Å². The highest BCUT2D eigenvalue weighted by atomic mass is 32.2. The highest BCUT2D eigenvalue weighted by Gasteiger charge is 2.32. The summed E-state index contributed by atoms with van der Waals surface area (Å²) >= 11 is 4.13. The molecule has 1 aliphatic carbocycles. The summed E-state index contributed by atoms with van der Waals surface area (Å²) in [5, 5.41) is 0. The monoisotopic (exact) mass is 422 g/mol. The first-order chi connectivity index (χ1) is 13.7. The van der Waals surface area contributed by atoms with Gasteiger partial charge in [-0.2, -0.15) is 0 Å². The zero-order valence-electron chi connectivity index (χ0n) is 17.9. The Labute approximate surface area is 181 Å². The molecule has 3 rings (SSSR count). The first-order valence-electron chi connectivity index (χ1n) is 11.7. The summed E-state index contributed by atoms with van der Waals surface area (Å²) in [4.78, 5) is 0. The third-order valence-electron chi connectivity index (χ3n) is 6.85.